The number of amides is 1. The molecule has 22 heavy (non-hydrogen) atoms. The van der Waals surface area contributed by atoms with E-state index in [0.717, 1.165) is 16.5 Å². The first-order valence-electron chi connectivity index (χ1n) is 6.86. The van der Waals surface area contributed by atoms with Gasteiger partial charge in [-0.3, -0.25) is 4.79 Å². The Morgan fingerprint density at radius 2 is 2.18 bits per heavy atom. The van der Waals surface area contributed by atoms with Gasteiger partial charge >= 0.3 is 0 Å². The van der Waals surface area contributed by atoms with E-state index in [1.54, 1.807) is 37.4 Å². The van der Waals surface area contributed by atoms with E-state index in [4.69, 9.17) is 0 Å². The molecule has 4 nitrogen and oxygen atoms in total. The van der Waals surface area contributed by atoms with Gasteiger partial charge < -0.3 is 4.98 Å². The molecule has 1 aliphatic rings. The minimum atomic E-state index is -0.350. The minimum absolute atomic E-state index is 0.259. The van der Waals surface area contributed by atoms with Crippen molar-refractivity contribution in [1.82, 2.24) is 10.4 Å². The number of nitrogens with one attached hydrogen (secondary N) is 2. The first-order valence-corrected chi connectivity index (χ1v) is 6.86. The van der Waals surface area contributed by atoms with Crippen molar-refractivity contribution in [2.24, 2.45) is 5.10 Å². The Kier molecular flexibility index (Phi) is 3.70. The molecule has 3 rings (SSSR count). The lowest BCUT2D eigenvalue weighted by Gasteiger charge is -1.99. The number of aromatic nitrogens is 1. The third-order valence-electron chi connectivity index (χ3n) is 3.34. The fourth-order valence-corrected chi connectivity index (χ4v) is 2.38. The smallest absolute Gasteiger partial charge is 0.272 e. The molecular weight excluding hydrogens is 281 g/mol. The average Bonchev–Trinajstić information content (AvgIpc) is 2.88. The number of nitrogens with zero attached hydrogens (tertiary/aromatic N) is 1. The monoisotopic (exact) mass is 295 g/mol. The second-order valence-corrected chi connectivity index (χ2v) is 4.78. The van der Waals surface area contributed by atoms with Crippen LogP contribution >= 0.6 is 0 Å². The van der Waals surface area contributed by atoms with E-state index in [1.165, 1.54) is 12.2 Å². The molecule has 5 heteroatoms. The van der Waals surface area contributed by atoms with E-state index in [0.29, 0.717) is 11.3 Å². The standard InChI is InChI=1S/C17H14FN3O/c1-2-5-11(18)6-3-8-14-13-10-19-15-9-4-7-12(16(13)15)17(22)21-20-14/h2-10,19H,1H3,(H,21,22)/b5-2-,8-3+,11-6+. The number of aromatic amines is 1. The van der Waals surface area contributed by atoms with Crippen LogP contribution in [0, 0.1) is 0 Å². The minimum Gasteiger partial charge on any atom is -0.360 e. The van der Waals surface area contributed by atoms with Gasteiger partial charge in [-0.25, -0.2) is 9.82 Å². The molecule has 2 heterocycles. The molecule has 0 atom stereocenters. The zero-order valence-corrected chi connectivity index (χ0v) is 11.9. The Balaban J connectivity index is 2.04. The molecule has 0 radical (unpaired) electrons. The molecule has 2 N–H and O–H groups in total. The van der Waals surface area contributed by atoms with Crippen LogP contribution in [0.15, 0.2) is 65.7 Å². The Hall–Kier alpha value is -2.95. The number of hydrazone groups is 1. The second kappa shape index (κ2) is 5.81. The fourth-order valence-electron chi connectivity index (χ4n) is 2.38. The van der Waals surface area contributed by atoms with Gasteiger partial charge in [-0.05, 0) is 37.3 Å². The Morgan fingerprint density at radius 3 is 3.00 bits per heavy atom. The van der Waals surface area contributed by atoms with Crippen molar-refractivity contribution in [3.8, 4) is 0 Å². The largest absolute Gasteiger partial charge is 0.360 e. The van der Waals surface area contributed by atoms with Gasteiger partial charge in [0.1, 0.15) is 5.83 Å². The Labute approximate surface area is 126 Å². The van der Waals surface area contributed by atoms with Crippen molar-refractivity contribution in [1.29, 1.82) is 0 Å². The van der Waals surface area contributed by atoms with Crippen molar-refractivity contribution >= 4 is 22.5 Å². The van der Waals surface area contributed by atoms with Crippen molar-refractivity contribution < 1.29 is 9.18 Å². The number of carbonyl (C=O) groups excluding carboxylic acids is 1. The van der Waals surface area contributed by atoms with Crippen LogP contribution in [0.4, 0.5) is 4.39 Å². The lowest BCUT2D eigenvalue weighted by molar-refractivity contribution is 0.0957. The molecular formula is C17H14FN3O. The summed E-state index contributed by atoms with van der Waals surface area (Å²) in [4.78, 5) is 15.2. The van der Waals surface area contributed by atoms with Crippen LogP contribution in [-0.4, -0.2) is 16.6 Å². The third kappa shape index (κ3) is 2.48. The number of allylic oxidation sites excluding steroid dienone is 6. The van der Waals surface area contributed by atoms with Gasteiger partial charge in [0, 0.05) is 22.7 Å². The maximum absolute atomic E-state index is 13.3. The summed E-state index contributed by atoms with van der Waals surface area (Å²) in [5, 5.41) is 4.92. The summed E-state index contributed by atoms with van der Waals surface area (Å²) >= 11 is 0. The van der Waals surface area contributed by atoms with Gasteiger partial charge in [-0.2, -0.15) is 5.10 Å². The summed E-state index contributed by atoms with van der Waals surface area (Å²) in [7, 11) is 0. The van der Waals surface area contributed by atoms with E-state index in [9.17, 15) is 9.18 Å². The molecule has 1 aliphatic heterocycles. The SMILES string of the molecule is C\C=C/C(F)=C\C=C\C1=NNC(=O)c2cccc3[nH]cc1c23. The van der Waals surface area contributed by atoms with Crippen LogP contribution in [0.5, 0.6) is 0 Å². The summed E-state index contributed by atoms with van der Waals surface area (Å²) in [5.74, 6) is -0.609. The molecule has 0 aliphatic carbocycles. The van der Waals surface area contributed by atoms with Crippen molar-refractivity contribution in [3.63, 3.8) is 0 Å². The zero-order valence-electron chi connectivity index (χ0n) is 11.9. The van der Waals surface area contributed by atoms with Crippen LogP contribution in [0.3, 0.4) is 0 Å². The van der Waals surface area contributed by atoms with Gasteiger partial charge in [0.2, 0.25) is 0 Å². The lowest BCUT2D eigenvalue weighted by atomic mass is 10.0. The summed E-state index contributed by atoms with van der Waals surface area (Å²) in [6.07, 6.45) is 9.34. The molecule has 0 unspecified atom stereocenters. The number of H-pyrrole nitrogens is 1. The predicted molar refractivity (Wildman–Crippen MR) is 85.4 cm³/mol. The Morgan fingerprint density at radius 1 is 1.32 bits per heavy atom. The van der Waals surface area contributed by atoms with Crippen LogP contribution in [-0.2, 0) is 0 Å². The lowest BCUT2D eigenvalue weighted by Crippen LogP contribution is -2.17. The highest BCUT2D eigenvalue weighted by Gasteiger charge is 2.19. The molecule has 110 valence electrons. The second-order valence-electron chi connectivity index (χ2n) is 4.78. The van der Waals surface area contributed by atoms with E-state index < -0.39 is 0 Å². The summed E-state index contributed by atoms with van der Waals surface area (Å²) < 4.78 is 13.3. The number of benzene rings is 1. The quantitative estimate of drug-likeness (QED) is 0.835. The highest BCUT2D eigenvalue weighted by Crippen LogP contribution is 2.25. The molecule has 2 aromatic rings. The van der Waals surface area contributed by atoms with E-state index >= 15 is 0 Å². The number of halogens is 1. The molecule has 0 fully saturated rings. The van der Waals surface area contributed by atoms with Gasteiger partial charge in [0.25, 0.3) is 5.91 Å². The highest BCUT2D eigenvalue weighted by molar-refractivity contribution is 6.22. The van der Waals surface area contributed by atoms with Crippen LogP contribution in [0.2, 0.25) is 0 Å². The zero-order chi connectivity index (χ0) is 15.5. The van der Waals surface area contributed by atoms with Crippen LogP contribution in [0.25, 0.3) is 10.9 Å². The Bertz CT molecular complexity index is 856. The number of carbonyl (C=O) groups is 1. The predicted octanol–water partition coefficient (Wildman–Crippen LogP) is 3.60. The molecule has 0 saturated heterocycles. The van der Waals surface area contributed by atoms with Gasteiger partial charge in [-0.15, -0.1) is 0 Å². The average molecular weight is 295 g/mol. The molecule has 0 spiro atoms. The first kappa shape index (κ1) is 14.0. The molecule has 1 aromatic heterocycles. The van der Waals surface area contributed by atoms with Gasteiger partial charge in [0.05, 0.1) is 11.3 Å². The summed E-state index contributed by atoms with van der Waals surface area (Å²) in [6.45, 7) is 1.75. The number of rotatable bonds is 3. The highest BCUT2D eigenvalue weighted by atomic mass is 19.1. The van der Waals surface area contributed by atoms with E-state index in [2.05, 4.69) is 15.5 Å². The van der Waals surface area contributed by atoms with E-state index in [-0.39, 0.29) is 11.7 Å². The maximum atomic E-state index is 13.3. The summed E-state index contributed by atoms with van der Waals surface area (Å²) in [6, 6.07) is 5.46. The normalized spacial score (nSPS) is 15.5. The fraction of sp³-hybridized carbons (Fsp3) is 0.0588. The summed E-state index contributed by atoms with van der Waals surface area (Å²) in [5.41, 5.74) is 5.30. The number of hydrogen-bond donors (Lipinski definition) is 2. The van der Waals surface area contributed by atoms with Crippen LogP contribution < -0.4 is 5.43 Å². The third-order valence-corrected chi connectivity index (χ3v) is 3.34. The maximum Gasteiger partial charge on any atom is 0.272 e. The van der Waals surface area contributed by atoms with Gasteiger partial charge in [-0.1, -0.05) is 18.2 Å². The van der Waals surface area contributed by atoms with E-state index in [1.807, 2.05) is 12.1 Å². The topological polar surface area (TPSA) is 57.2 Å². The molecule has 1 aromatic carbocycles. The first-order chi connectivity index (χ1) is 10.7. The van der Waals surface area contributed by atoms with Crippen LogP contribution in [0.1, 0.15) is 22.8 Å². The number of hydrogen-bond acceptors (Lipinski definition) is 2. The van der Waals surface area contributed by atoms with Gasteiger partial charge in [0.15, 0.2) is 0 Å². The van der Waals surface area contributed by atoms with Crippen molar-refractivity contribution in [2.45, 2.75) is 6.92 Å². The molecule has 1 amide bonds. The molecule has 0 saturated carbocycles. The van der Waals surface area contributed by atoms with Crippen molar-refractivity contribution in [2.75, 3.05) is 0 Å². The van der Waals surface area contributed by atoms with Crippen molar-refractivity contribution in [3.05, 3.63) is 71.7 Å². The molecule has 0 bridgehead atoms.